The lowest BCUT2D eigenvalue weighted by Gasteiger charge is -2.28. The van der Waals surface area contributed by atoms with Crippen LogP contribution in [0, 0.1) is 6.92 Å². The molecule has 1 heterocycles. The number of nitrogens with zero attached hydrogens (tertiary/aromatic N) is 3. The van der Waals surface area contributed by atoms with Crippen molar-refractivity contribution in [1.29, 1.82) is 0 Å². The summed E-state index contributed by atoms with van der Waals surface area (Å²) in [6, 6.07) is 30.2. The van der Waals surface area contributed by atoms with Gasteiger partial charge in [0.05, 0.1) is 5.69 Å². The van der Waals surface area contributed by atoms with Crippen LogP contribution < -0.4 is 0 Å². The van der Waals surface area contributed by atoms with Crippen LogP contribution >= 0.6 is 0 Å². The summed E-state index contributed by atoms with van der Waals surface area (Å²) < 4.78 is 0. The summed E-state index contributed by atoms with van der Waals surface area (Å²) in [6.07, 6.45) is 0. The van der Waals surface area contributed by atoms with Gasteiger partial charge in [0.25, 0.3) is 0 Å². The Morgan fingerprint density at radius 3 is 2.06 bits per heavy atom. The summed E-state index contributed by atoms with van der Waals surface area (Å²) in [5, 5.41) is 20.8. The van der Waals surface area contributed by atoms with Crippen molar-refractivity contribution in [3.05, 3.63) is 108 Å². The van der Waals surface area contributed by atoms with Crippen molar-refractivity contribution in [2.75, 3.05) is 0 Å². The van der Waals surface area contributed by atoms with E-state index in [1.54, 1.807) is 4.80 Å². The van der Waals surface area contributed by atoms with E-state index in [1.165, 1.54) is 0 Å². The highest BCUT2D eigenvalue weighted by molar-refractivity contribution is 5.80. The molecule has 0 atom stereocenters. The third-order valence-corrected chi connectivity index (χ3v) is 6.15. The van der Waals surface area contributed by atoms with Gasteiger partial charge < -0.3 is 5.11 Å². The molecule has 4 nitrogen and oxygen atoms in total. The summed E-state index contributed by atoms with van der Waals surface area (Å²) in [4.78, 5) is 1.67. The molecule has 0 saturated heterocycles. The molecule has 32 heavy (non-hydrogen) atoms. The first-order valence-corrected chi connectivity index (χ1v) is 10.8. The second kappa shape index (κ2) is 7.65. The maximum Gasteiger partial charge on any atom is 0.127 e. The van der Waals surface area contributed by atoms with Gasteiger partial charge in [0.2, 0.25) is 0 Å². The minimum atomic E-state index is -0.356. The fraction of sp³-hybridized carbons (Fsp3) is 0.143. The van der Waals surface area contributed by atoms with Gasteiger partial charge in [0.15, 0.2) is 0 Å². The highest BCUT2D eigenvalue weighted by Crippen LogP contribution is 2.43. The standard InChI is InChI=1S/C28H25N3O/c1-19-16-17-21(26(18-19)31-29-24-14-7-8-15-25(24)30-31)22-12-9-13-23(27(22)32)28(2,3)20-10-5-4-6-11-20/h4-18,32H,1-3H3. The summed E-state index contributed by atoms with van der Waals surface area (Å²) >= 11 is 0. The monoisotopic (exact) mass is 419 g/mol. The van der Waals surface area contributed by atoms with Crippen LogP contribution in [0.1, 0.15) is 30.5 Å². The van der Waals surface area contributed by atoms with Crippen LogP contribution in [0.25, 0.3) is 27.8 Å². The molecule has 5 aromatic rings. The Balaban J connectivity index is 1.69. The molecule has 4 heteroatoms. The summed E-state index contributed by atoms with van der Waals surface area (Å²) in [6.45, 7) is 6.32. The van der Waals surface area contributed by atoms with E-state index in [4.69, 9.17) is 0 Å². The molecular formula is C28H25N3O. The predicted octanol–water partition coefficient (Wildman–Crippen LogP) is 6.43. The van der Waals surface area contributed by atoms with Gasteiger partial charge in [-0.2, -0.15) is 0 Å². The lowest BCUT2D eigenvalue weighted by Crippen LogP contribution is -2.19. The van der Waals surface area contributed by atoms with E-state index in [0.717, 1.165) is 44.5 Å². The van der Waals surface area contributed by atoms with E-state index in [-0.39, 0.29) is 11.2 Å². The molecule has 1 aromatic heterocycles. The van der Waals surface area contributed by atoms with Crippen LogP contribution in [0.4, 0.5) is 0 Å². The van der Waals surface area contributed by atoms with Gasteiger partial charge in [-0.1, -0.05) is 86.6 Å². The smallest absolute Gasteiger partial charge is 0.127 e. The molecule has 0 aliphatic rings. The van der Waals surface area contributed by atoms with Gasteiger partial charge in [-0.25, -0.2) is 0 Å². The summed E-state index contributed by atoms with van der Waals surface area (Å²) in [5.74, 6) is 0.281. The average Bonchev–Trinajstić information content (AvgIpc) is 3.24. The van der Waals surface area contributed by atoms with Crippen LogP contribution in [0.15, 0.2) is 91.0 Å². The fourth-order valence-electron chi connectivity index (χ4n) is 4.28. The van der Waals surface area contributed by atoms with Crippen LogP contribution in [-0.4, -0.2) is 20.1 Å². The molecule has 158 valence electrons. The molecule has 5 rings (SSSR count). The van der Waals surface area contributed by atoms with Crippen molar-refractivity contribution in [3.8, 4) is 22.6 Å². The molecule has 0 aliphatic carbocycles. The largest absolute Gasteiger partial charge is 0.507 e. The number of aromatic hydroxyl groups is 1. The van der Waals surface area contributed by atoms with Crippen LogP contribution in [0.5, 0.6) is 5.75 Å². The molecule has 0 unspecified atom stereocenters. The SMILES string of the molecule is Cc1ccc(-c2cccc(C(C)(C)c3ccccc3)c2O)c(-n2nc3ccccc3n2)c1. The van der Waals surface area contributed by atoms with E-state index >= 15 is 0 Å². The zero-order valence-corrected chi connectivity index (χ0v) is 18.4. The van der Waals surface area contributed by atoms with E-state index in [1.807, 2.05) is 73.7 Å². The Morgan fingerprint density at radius 2 is 1.38 bits per heavy atom. The molecule has 1 N–H and O–H groups in total. The number of phenols is 1. The van der Waals surface area contributed by atoms with E-state index in [9.17, 15) is 5.11 Å². The molecule has 4 aromatic carbocycles. The van der Waals surface area contributed by atoms with Crippen molar-refractivity contribution < 1.29 is 5.11 Å². The minimum Gasteiger partial charge on any atom is -0.507 e. The number of aryl methyl sites for hydroxylation is 1. The molecule has 0 amide bonds. The zero-order valence-electron chi connectivity index (χ0n) is 18.4. The number of rotatable bonds is 4. The van der Waals surface area contributed by atoms with Crippen LogP contribution in [-0.2, 0) is 5.41 Å². The third kappa shape index (κ3) is 3.34. The number of phenolic OH excluding ortho intramolecular Hbond substituents is 1. The summed E-state index contributed by atoms with van der Waals surface area (Å²) in [5.41, 5.74) is 6.94. The fourth-order valence-corrected chi connectivity index (χ4v) is 4.28. The second-order valence-corrected chi connectivity index (χ2v) is 8.69. The van der Waals surface area contributed by atoms with E-state index in [0.29, 0.717) is 0 Å². The Morgan fingerprint density at radius 1 is 0.719 bits per heavy atom. The number of benzene rings is 4. The van der Waals surface area contributed by atoms with Crippen molar-refractivity contribution >= 4 is 11.0 Å². The van der Waals surface area contributed by atoms with E-state index in [2.05, 4.69) is 48.3 Å². The van der Waals surface area contributed by atoms with Crippen LogP contribution in [0.2, 0.25) is 0 Å². The van der Waals surface area contributed by atoms with Gasteiger partial charge in [-0.15, -0.1) is 15.0 Å². The molecule has 0 aliphatic heterocycles. The van der Waals surface area contributed by atoms with Crippen molar-refractivity contribution in [2.24, 2.45) is 0 Å². The summed E-state index contributed by atoms with van der Waals surface area (Å²) in [7, 11) is 0. The van der Waals surface area contributed by atoms with Crippen molar-refractivity contribution in [3.63, 3.8) is 0 Å². The molecular weight excluding hydrogens is 394 g/mol. The predicted molar refractivity (Wildman–Crippen MR) is 129 cm³/mol. The van der Waals surface area contributed by atoms with Crippen molar-refractivity contribution in [1.82, 2.24) is 15.0 Å². The molecule has 0 spiro atoms. The number of para-hydroxylation sites is 1. The molecule has 0 radical (unpaired) electrons. The highest BCUT2D eigenvalue weighted by Gasteiger charge is 2.28. The molecule has 0 bridgehead atoms. The first-order valence-electron chi connectivity index (χ1n) is 10.8. The quantitative estimate of drug-likeness (QED) is 0.365. The lowest BCUT2D eigenvalue weighted by atomic mass is 9.76. The highest BCUT2D eigenvalue weighted by atomic mass is 16.3. The number of fused-ring (bicyclic) bond motifs is 1. The first-order chi connectivity index (χ1) is 15.4. The Kier molecular flexibility index (Phi) is 4.78. The number of hydrogen-bond donors (Lipinski definition) is 1. The Labute approximate surface area is 187 Å². The maximum absolute atomic E-state index is 11.5. The van der Waals surface area contributed by atoms with Crippen molar-refractivity contribution in [2.45, 2.75) is 26.2 Å². The van der Waals surface area contributed by atoms with Gasteiger partial charge in [0, 0.05) is 22.1 Å². The number of hydrogen-bond acceptors (Lipinski definition) is 3. The average molecular weight is 420 g/mol. The van der Waals surface area contributed by atoms with Gasteiger partial charge in [-0.05, 0) is 36.2 Å². The number of aromatic nitrogens is 3. The van der Waals surface area contributed by atoms with E-state index < -0.39 is 0 Å². The normalized spacial score (nSPS) is 11.7. The lowest BCUT2D eigenvalue weighted by molar-refractivity contribution is 0.455. The van der Waals surface area contributed by atoms with Crippen LogP contribution in [0.3, 0.4) is 0 Å². The van der Waals surface area contributed by atoms with Gasteiger partial charge in [-0.3, -0.25) is 0 Å². The topological polar surface area (TPSA) is 50.9 Å². The Hall–Kier alpha value is -3.92. The second-order valence-electron chi connectivity index (χ2n) is 8.69. The molecule has 0 saturated carbocycles. The third-order valence-electron chi connectivity index (χ3n) is 6.15. The first kappa shape index (κ1) is 20.0. The molecule has 0 fully saturated rings. The maximum atomic E-state index is 11.5. The minimum absolute atomic E-state index is 0.281. The Bertz CT molecular complexity index is 1380. The zero-order chi connectivity index (χ0) is 22.3. The van der Waals surface area contributed by atoms with Gasteiger partial charge >= 0.3 is 0 Å². The van der Waals surface area contributed by atoms with Gasteiger partial charge in [0.1, 0.15) is 16.8 Å².